The molecule has 21 heavy (non-hydrogen) atoms. The fraction of sp³-hybridized carbons (Fsp3) is 0. The van der Waals surface area contributed by atoms with Gasteiger partial charge < -0.3 is 0 Å². The second-order valence-electron chi connectivity index (χ2n) is 4.35. The number of benzene rings is 2. The molecule has 0 heterocycles. The normalized spacial score (nSPS) is 11.6. The number of hydrogen-bond donors (Lipinski definition) is 0. The first kappa shape index (κ1) is 14.9. The van der Waals surface area contributed by atoms with E-state index >= 15 is 0 Å². The third-order valence-electron chi connectivity index (χ3n) is 2.81. The van der Waals surface area contributed by atoms with Crippen LogP contribution in [0.1, 0.15) is 11.1 Å². The summed E-state index contributed by atoms with van der Waals surface area (Å²) in [7, 11) is 0. The van der Waals surface area contributed by atoms with Crippen LogP contribution in [0.25, 0.3) is 12.2 Å². The molecule has 0 aliphatic carbocycles. The zero-order chi connectivity index (χ0) is 15.1. The van der Waals surface area contributed by atoms with Crippen molar-refractivity contribution in [2.75, 3.05) is 0 Å². The van der Waals surface area contributed by atoms with Crippen molar-refractivity contribution in [2.24, 2.45) is 0 Å². The smallest absolute Gasteiger partial charge is 0.256 e. The predicted octanol–water partition coefficient (Wildman–Crippen LogP) is 4.12. The van der Waals surface area contributed by atoms with E-state index in [0.29, 0.717) is 0 Å². The van der Waals surface area contributed by atoms with Crippen LogP contribution in [0.2, 0.25) is 0 Å². The van der Waals surface area contributed by atoms with E-state index in [0.717, 1.165) is 11.1 Å². The summed E-state index contributed by atoms with van der Waals surface area (Å²) in [4.78, 5) is 23.5. The second-order valence-corrected chi connectivity index (χ2v) is 4.69. The molecule has 0 saturated carbocycles. The van der Waals surface area contributed by atoms with Gasteiger partial charge in [0.15, 0.2) is 5.78 Å². The number of hydrogen-bond acceptors (Lipinski definition) is 2. The first-order valence-corrected chi connectivity index (χ1v) is 6.78. The van der Waals surface area contributed by atoms with Crippen LogP contribution in [0.5, 0.6) is 0 Å². The molecule has 0 saturated heterocycles. The quantitative estimate of drug-likeness (QED) is 0.360. The van der Waals surface area contributed by atoms with Crippen molar-refractivity contribution < 1.29 is 9.59 Å². The van der Waals surface area contributed by atoms with Crippen LogP contribution in [-0.4, -0.2) is 11.0 Å². The van der Waals surface area contributed by atoms with Gasteiger partial charge in [-0.3, -0.25) is 9.59 Å². The summed E-state index contributed by atoms with van der Waals surface area (Å²) < 4.78 is 0. The number of rotatable bonds is 5. The summed E-state index contributed by atoms with van der Waals surface area (Å²) in [5.41, 5.74) is 1.59. The molecule has 0 N–H and O–H groups in total. The Morgan fingerprint density at radius 2 is 1.33 bits per heavy atom. The maximum Gasteiger partial charge on any atom is 0.256 e. The summed E-state index contributed by atoms with van der Waals surface area (Å²) in [5.74, 6) is -0.414. The molecule has 0 aliphatic rings. The average molecular weight is 297 g/mol. The van der Waals surface area contributed by atoms with E-state index in [-0.39, 0.29) is 5.57 Å². The molecule has 0 unspecified atom stereocenters. The topological polar surface area (TPSA) is 34.1 Å². The van der Waals surface area contributed by atoms with Crippen LogP contribution >= 0.6 is 11.6 Å². The third-order valence-corrected chi connectivity index (χ3v) is 3.02. The van der Waals surface area contributed by atoms with Gasteiger partial charge in [0.25, 0.3) is 5.24 Å². The Balaban J connectivity index is 2.23. The lowest BCUT2D eigenvalue weighted by Gasteiger charge is -1.98. The van der Waals surface area contributed by atoms with Crippen molar-refractivity contribution in [2.45, 2.75) is 0 Å². The van der Waals surface area contributed by atoms with E-state index in [1.54, 1.807) is 18.2 Å². The molecule has 0 atom stereocenters. The monoisotopic (exact) mass is 296 g/mol. The third kappa shape index (κ3) is 4.55. The van der Waals surface area contributed by atoms with Gasteiger partial charge in [-0.1, -0.05) is 66.7 Å². The van der Waals surface area contributed by atoms with Gasteiger partial charge in [-0.2, -0.15) is 0 Å². The largest absolute Gasteiger partial charge is 0.289 e. The average Bonchev–Trinajstić information content (AvgIpc) is 2.52. The van der Waals surface area contributed by atoms with Crippen LogP contribution in [0.15, 0.2) is 72.3 Å². The van der Waals surface area contributed by atoms with E-state index < -0.39 is 11.0 Å². The minimum absolute atomic E-state index is 0.0463. The summed E-state index contributed by atoms with van der Waals surface area (Å²) in [6.45, 7) is 0. The standard InChI is InChI=1S/C18H13ClO2/c19-18(21)16(13-15-9-5-2-6-10-15)17(20)12-11-14-7-3-1-4-8-14/h1-13H. The molecule has 0 amide bonds. The molecule has 3 heteroatoms. The van der Waals surface area contributed by atoms with Crippen molar-refractivity contribution >= 4 is 34.8 Å². The molecule has 2 rings (SSSR count). The first-order valence-electron chi connectivity index (χ1n) is 6.41. The molecule has 0 aliphatic heterocycles. The Labute approximate surface area is 128 Å². The van der Waals surface area contributed by atoms with Gasteiger partial charge in [0.1, 0.15) is 0 Å². The maximum atomic E-state index is 12.1. The van der Waals surface area contributed by atoms with Gasteiger partial charge in [-0.15, -0.1) is 0 Å². The van der Waals surface area contributed by atoms with E-state index in [4.69, 9.17) is 11.6 Å². The Morgan fingerprint density at radius 3 is 1.86 bits per heavy atom. The fourth-order valence-electron chi connectivity index (χ4n) is 1.77. The van der Waals surface area contributed by atoms with Crippen LogP contribution in [0, 0.1) is 0 Å². The Bertz CT molecular complexity index is 686. The Kier molecular flexibility index (Phi) is 5.24. The molecule has 2 aromatic rings. The molecule has 2 nitrogen and oxygen atoms in total. The maximum absolute atomic E-state index is 12.1. The van der Waals surface area contributed by atoms with Gasteiger partial charge in [0.2, 0.25) is 0 Å². The highest BCUT2D eigenvalue weighted by Crippen LogP contribution is 2.12. The zero-order valence-electron chi connectivity index (χ0n) is 11.2. The van der Waals surface area contributed by atoms with Crippen molar-refractivity contribution in [1.82, 2.24) is 0 Å². The number of halogens is 1. The molecule has 2 aromatic carbocycles. The zero-order valence-corrected chi connectivity index (χ0v) is 12.0. The van der Waals surface area contributed by atoms with Gasteiger partial charge in [-0.25, -0.2) is 0 Å². The fourth-order valence-corrected chi connectivity index (χ4v) is 1.91. The minimum atomic E-state index is -0.762. The van der Waals surface area contributed by atoms with Crippen LogP contribution in [0.3, 0.4) is 0 Å². The van der Waals surface area contributed by atoms with Crippen molar-refractivity contribution in [1.29, 1.82) is 0 Å². The molecular formula is C18H13ClO2. The highest BCUT2D eigenvalue weighted by Gasteiger charge is 2.13. The summed E-state index contributed by atoms with van der Waals surface area (Å²) in [6.07, 6.45) is 4.50. The predicted molar refractivity (Wildman–Crippen MR) is 85.8 cm³/mol. The van der Waals surface area contributed by atoms with Crippen LogP contribution in [-0.2, 0) is 9.59 Å². The number of carbonyl (C=O) groups is 2. The lowest BCUT2D eigenvalue weighted by molar-refractivity contribution is -0.115. The minimum Gasteiger partial charge on any atom is -0.289 e. The van der Waals surface area contributed by atoms with E-state index in [9.17, 15) is 9.59 Å². The van der Waals surface area contributed by atoms with Gasteiger partial charge in [-0.05, 0) is 34.9 Å². The van der Waals surface area contributed by atoms with E-state index in [1.165, 1.54) is 12.2 Å². The number of carbonyl (C=O) groups excluding carboxylic acids is 2. The number of allylic oxidation sites excluding steroid dienone is 2. The summed E-state index contributed by atoms with van der Waals surface area (Å²) in [6, 6.07) is 18.5. The first-order chi connectivity index (χ1) is 10.2. The lowest BCUT2D eigenvalue weighted by atomic mass is 10.1. The molecule has 0 spiro atoms. The summed E-state index contributed by atoms with van der Waals surface area (Å²) >= 11 is 5.51. The van der Waals surface area contributed by atoms with Crippen molar-refractivity contribution in [3.05, 3.63) is 83.4 Å². The van der Waals surface area contributed by atoms with Gasteiger partial charge in [0.05, 0.1) is 5.57 Å². The Morgan fingerprint density at radius 1 is 0.810 bits per heavy atom. The molecule has 0 bridgehead atoms. The van der Waals surface area contributed by atoms with Crippen LogP contribution in [0.4, 0.5) is 0 Å². The summed E-state index contributed by atoms with van der Waals surface area (Å²) in [5, 5.41) is -0.762. The highest BCUT2D eigenvalue weighted by molar-refractivity contribution is 6.71. The number of ketones is 1. The van der Waals surface area contributed by atoms with Gasteiger partial charge in [0, 0.05) is 0 Å². The van der Waals surface area contributed by atoms with Gasteiger partial charge >= 0.3 is 0 Å². The van der Waals surface area contributed by atoms with Crippen molar-refractivity contribution in [3.8, 4) is 0 Å². The van der Waals surface area contributed by atoms with Crippen molar-refractivity contribution in [3.63, 3.8) is 0 Å². The molecular weight excluding hydrogens is 284 g/mol. The molecule has 0 radical (unpaired) electrons. The molecule has 104 valence electrons. The molecule has 0 aromatic heterocycles. The second kappa shape index (κ2) is 7.36. The van der Waals surface area contributed by atoms with E-state index in [1.807, 2.05) is 48.5 Å². The van der Waals surface area contributed by atoms with Crippen LogP contribution < -0.4 is 0 Å². The Hall–Kier alpha value is -2.45. The molecule has 0 fully saturated rings. The lowest BCUT2D eigenvalue weighted by Crippen LogP contribution is -2.05. The highest BCUT2D eigenvalue weighted by atomic mass is 35.5. The SMILES string of the molecule is O=C(Cl)C(=Cc1ccccc1)C(=O)C=Cc1ccccc1. The van der Waals surface area contributed by atoms with E-state index in [2.05, 4.69) is 0 Å².